The maximum absolute atomic E-state index is 12.5. The number of nitrogens with two attached hydrogens (primary N) is 1. The van der Waals surface area contributed by atoms with Crippen LogP contribution >= 0.6 is 11.3 Å². The van der Waals surface area contributed by atoms with E-state index in [2.05, 4.69) is 0 Å². The van der Waals surface area contributed by atoms with Gasteiger partial charge in [-0.25, -0.2) is 12.7 Å². The summed E-state index contributed by atoms with van der Waals surface area (Å²) in [4.78, 5) is 1.48. The minimum Gasteiger partial charge on any atom is -0.326 e. The molecule has 0 unspecified atom stereocenters. The van der Waals surface area contributed by atoms with Crippen molar-refractivity contribution in [3.8, 4) is 0 Å². The number of hydrogen-bond acceptors (Lipinski definition) is 4. The van der Waals surface area contributed by atoms with Gasteiger partial charge in [-0.2, -0.15) is 0 Å². The van der Waals surface area contributed by atoms with Crippen molar-refractivity contribution in [2.45, 2.75) is 17.9 Å². The molecule has 2 N–H and O–H groups in total. The zero-order valence-electron chi connectivity index (χ0n) is 11.3. The van der Waals surface area contributed by atoms with Gasteiger partial charge in [0.2, 0.25) is 10.0 Å². The molecule has 1 aromatic heterocycles. The molecule has 2 aromatic rings. The van der Waals surface area contributed by atoms with Crippen LogP contribution in [-0.2, 0) is 23.0 Å². The van der Waals surface area contributed by atoms with Gasteiger partial charge in [-0.3, -0.25) is 0 Å². The smallest absolute Gasteiger partial charge is 0.243 e. The van der Waals surface area contributed by atoms with E-state index in [4.69, 9.17) is 5.73 Å². The molecule has 0 aliphatic rings. The summed E-state index contributed by atoms with van der Waals surface area (Å²) in [6.45, 7) is 0.677. The Kier molecular flexibility index (Phi) is 4.93. The number of likely N-dealkylation sites (N-methyl/N-ethyl adjacent to an activating group) is 1. The van der Waals surface area contributed by atoms with Gasteiger partial charge in [0, 0.05) is 25.0 Å². The monoisotopic (exact) mass is 310 g/mol. The van der Waals surface area contributed by atoms with Crippen LogP contribution in [0.25, 0.3) is 0 Å². The summed E-state index contributed by atoms with van der Waals surface area (Å²) >= 11 is 1.64. The van der Waals surface area contributed by atoms with E-state index >= 15 is 0 Å². The largest absolute Gasteiger partial charge is 0.326 e. The molecule has 0 amide bonds. The number of benzene rings is 1. The zero-order chi connectivity index (χ0) is 14.6. The molecule has 0 aliphatic heterocycles. The van der Waals surface area contributed by atoms with Gasteiger partial charge in [-0.05, 0) is 29.5 Å². The standard InChI is InChI=1S/C14H18N2O2S2/c1-16(9-8-13-6-4-10-19-13)20(17,18)14-7-3-2-5-12(14)11-15/h2-7,10H,8-9,11,15H2,1H3. The Morgan fingerprint density at radius 1 is 1.20 bits per heavy atom. The van der Waals surface area contributed by atoms with E-state index < -0.39 is 10.0 Å². The molecule has 0 saturated carbocycles. The Labute approximate surface area is 123 Å². The Hall–Kier alpha value is -1.21. The summed E-state index contributed by atoms with van der Waals surface area (Å²) in [5.74, 6) is 0. The normalized spacial score (nSPS) is 11.9. The first-order valence-corrected chi connectivity index (χ1v) is 8.64. The van der Waals surface area contributed by atoms with Crippen LogP contribution in [0, 0.1) is 0 Å². The summed E-state index contributed by atoms with van der Waals surface area (Å²) in [5, 5.41) is 1.99. The van der Waals surface area contributed by atoms with Crippen molar-refractivity contribution < 1.29 is 8.42 Å². The fraction of sp³-hybridized carbons (Fsp3) is 0.286. The second-order valence-corrected chi connectivity index (χ2v) is 7.51. The van der Waals surface area contributed by atoms with Gasteiger partial charge in [-0.1, -0.05) is 24.3 Å². The average molecular weight is 310 g/mol. The molecule has 0 spiro atoms. The lowest BCUT2D eigenvalue weighted by Gasteiger charge is -2.18. The first-order valence-electron chi connectivity index (χ1n) is 6.32. The van der Waals surface area contributed by atoms with Crippen molar-refractivity contribution in [2.75, 3.05) is 13.6 Å². The third kappa shape index (κ3) is 3.27. The Bertz CT molecular complexity index is 652. The highest BCUT2D eigenvalue weighted by Crippen LogP contribution is 2.19. The van der Waals surface area contributed by atoms with Crippen molar-refractivity contribution in [3.63, 3.8) is 0 Å². The summed E-state index contributed by atoms with van der Waals surface area (Å²) in [7, 11) is -1.87. The molecule has 20 heavy (non-hydrogen) atoms. The minimum absolute atomic E-state index is 0.216. The SMILES string of the molecule is CN(CCc1cccs1)S(=O)(=O)c1ccccc1CN. The highest BCUT2D eigenvalue weighted by atomic mass is 32.2. The van der Waals surface area contributed by atoms with Crippen LogP contribution in [-0.4, -0.2) is 26.3 Å². The van der Waals surface area contributed by atoms with E-state index in [-0.39, 0.29) is 6.54 Å². The molecule has 0 atom stereocenters. The van der Waals surface area contributed by atoms with Gasteiger partial charge in [-0.15, -0.1) is 11.3 Å². The maximum atomic E-state index is 12.5. The quantitative estimate of drug-likeness (QED) is 0.888. The summed E-state index contributed by atoms with van der Waals surface area (Å²) < 4.78 is 26.5. The molecular weight excluding hydrogens is 292 g/mol. The van der Waals surface area contributed by atoms with Crippen LogP contribution < -0.4 is 5.73 Å². The molecule has 0 saturated heterocycles. The summed E-state index contributed by atoms with van der Waals surface area (Å²) in [5.41, 5.74) is 6.27. The van der Waals surface area contributed by atoms with Gasteiger partial charge < -0.3 is 5.73 Å². The molecule has 0 fully saturated rings. The van der Waals surface area contributed by atoms with Crippen LogP contribution in [0.5, 0.6) is 0 Å². The second kappa shape index (κ2) is 6.49. The van der Waals surface area contributed by atoms with E-state index in [9.17, 15) is 8.42 Å². The zero-order valence-corrected chi connectivity index (χ0v) is 13.0. The molecule has 0 bridgehead atoms. The third-order valence-corrected chi connectivity index (χ3v) is 6.03. The van der Waals surface area contributed by atoms with E-state index in [0.29, 0.717) is 17.0 Å². The lowest BCUT2D eigenvalue weighted by molar-refractivity contribution is 0.472. The molecular formula is C14H18N2O2S2. The van der Waals surface area contributed by atoms with Crippen LogP contribution in [0.1, 0.15) is 10.4 Å². The Morgan fingerprint density at radius 3 is 2.60 bits per heavy atom. The van der Waals surface area contributed by atoms with E-state index in [0.717, 1.165) is 6.42 Å². The predicted molar refractivity (Wildman–Crippen MR) is 82.2 cm³/mol. The highest BCUT2D eigenvalue weighted by Gasteiger charge is 2.22. The maximum Gasteiger partial charge on any atom is 0.243 e. The molecule has 0 aliphatic carbocycles. The van der Waals surface area contributed by atoms with Gasteiger partial charge in [0.15, 0.2) is 0 Å². The topological polar surface area (TPSA) is 63.4 Å². The van der Waals surface area contributed by atoms with Crippen LogP contribution in [0.4, 0.5) is 0 Å². The average Bonchev–Trinajstić information content (AvgIpc) is 2.97. The van der Waals surface area contributed by atoms with E-state index in [1.54, 1.807) is 42.6 Å². The van der Waals surface area contributed by atoms with Crippen molar-refractivity contribution >= 4 is 21.4 Å². The molecule has 2 rings (SSSR count). The Morgan fingerprint density at radius 2 is 1.95 bits per heavy atom. The predicted octanol–water partition coefficient (Wildman–Crippen LogP) is 2.07. The van der Waals surface area contributed by atoms with Gasteiger partial charge >= 0.3 is 0 Å². The fourth-order valence-electron chi connectivity index (χ4n) is 1.93. The first-order chi connectivity index (χ1) is 9.55. The lowest BCUT2D eigenvalue weighted by Crippen LogP contribution is -2.30. The fourth-order valence-corrected chi connectivity index (χ4v) is 4.03. The molecule has 1 aromatic carbocycles. The van der Waals surface area contributed by atoms with Crippen LogP contribution in [0.3, 0.4) is 0 Å². The van der Waals surface area contributed by atoms with E-state index in [1.807, 2.05) is 17.5 Å². The van der Waals surface area contributed by atoms with Gasteiger partial charge in [0.25, 0.3) is 0 Å². The summed E-state index contributed by atoms with van der Waals surface area (Å²) in [6, 6.07) is 10.9. The molecule has 0 radical (unpaired) electrons. The van der Waals surface area contributed by atoms with Gasteiger partial charge in [0.05, 0.1) is 4.90 Å². The third-order valence-electron chi connectivity index (χ3n) is 3.13. The molecule has 6 heteroatoms. The van der Waals surface area contributed by atoms with Crippen LogP contribution in [0.15, 0.2) is 46.7 Å². The number of nitrogens with zero attached hydrogens (tertiary/aromatic N) is 1. The number of rotatable bonds is 6. The van der Waals surface area contributed by atoms with Crippen molar-refractivity contribution in [2.24, 2.45) is 5.73 Å². The van der Waals surface area contributed by atoms with Crippen molar-refractivity contribution in [1.29, 1.82) is 0 Å². The number of thiophene rings is 1. The summed E-state index contributed by atoms with van der Waals surface area (Å²) in [6.07, 6.45) is 0.720. The van der Waals surface area contributed by atoms with E-state index in [1.165, 1.54) is 9.18 Å². The molecule has 108 valence electrons. The van der Waals surface area contributed by atoms with Gasteiger partial charge in [0.1, 0.15) is 0 Å². The number of hydrogen-bond donors (Lipinski definition) is 1. The lowest BCUT2D eigenvalue weighted by atomic mass is 10.2. The van der Waals surface area contributed by atoms with Crippen molar-refractivity contribution in [3.05, 3.63) is 52.2 Å². The van der Waals surface area contributed by atoms with Crippen LogP contribution in [0.2, 0.25) is 0 Å². The van der Waals surface area contributed by atoms with Crippen molar-refractivity contribution in [1.82, 2.24) is 4.31 Å². The molecule has 1 heterocycles. The first kappa shape index (κ1) is 15.2. The highest BCUT2D eigenvalue weighted by molar-refractivity contribution is 7.89. The number of sulfonamides is 1. The second-order valence-electron chi connectivity index (χ2n) is 4.47. The minimum atomic E-state index is -3.48. The Balaban J connectivity index is 2.16. The molecule has 4 nitrogen and oxygen atoms in total.